The van der Waals surface area contributed by atoms with E-state index in [9.17, 15) is 48.7 Å². The van der Waals surface area contributed by atoms with Crippen molar-refractivity contribution in [3.63, 3.8) is 0 Å². The highest BCUT2D eigenvalue weighted by Crippen LogP contribution is 2.35. The first-order valence-electron chi connectivity index (χ1n) is 15.9. The van der Waals surface area contributed by atoms with Gasteiger partial charge in [-0.2, -0.15) is 26.3 Å². The number of aromatic nitrogens is 4. The van der Waals surface area contributed by atoms with E-state index in [-0.39, 0.29) is 67.0 Å². The van der Waals surface area contributed by atoms with Crippen molar-refractivity contribution in [2.75, 3.05) is 36.8 Å². The van der Waals surface area contributed by atoms with Crippen LogP contribution in [-0.2, 0) is 23.7 Å². The number of carbonyl (C=O) groups is 1. The zero-order chi connectivity index (χ0) is 38.3. The van der Waals surface area contributed by atoms with Crippen LogP contribution < -0.4 is 16.0 Å². The van der Waals surface area contributed by atoms with Crippen molar-refractivity contribution in [1.82, 2.24) is 30.2 Å². The van der Waals surface area contributed by atoms with Gasteiger partial charge in [-0.05, 0) is 17.4 Å². The van der Waals surface area contributed by atoms with E-state index in [4.69, 9.17) is 4.74 Å². The fourth-order valence-corrected chi connectivity index (χ4v) is 5.63. The van der Waals surface area contributed by atoms with Crippen LogP contribution >= 0.6 is 17.0 Å². The summed E-state index contributed by atoms with van der Waals surface area (Å²) in [6.07, 6.45) is -7.99. The minimum absolute atomic E-state index is 0. The third kappa shape index (κ3) is 13.1. The third-order valence-corrected chi connectivity index (χ3v) is 8.36. The molecule has 0 unspecified atom stereocenters. The Balaban J connectivity index is 0.000000301. The van der Waals surface area contributed by atoms with Gasteiger partial charge in [0.25, 0.3) is 11.8 Å². The Morgan fingerprint density at radius 3 is 1.79 bits per heavy atom. The van der Waals surface area contributed by atoms with Crippen LogP contribution in [0.1, 0.15) is 43.4 Å². The third-order valence-electron chi connectivity index (χ3n) is 8.36. The van der Waals surface area contributed by atoms with Gasteiger partial charge in [0.15, 0.2) is 0 Å². The molecule has 2 aromatic heterocycles. The molecule has 4 atom stereocenters. The molecule has 4 heterocycles. The summed E-state index contributed by atoms with van der Waals surface area (Å²) in [7, 11) is 0. The van der Waals surface area contributed by atoms with E-state index in [0.717, 1.165) is 4.90 Å². The first-order chi connectivity index (χ1) is 24.2. The summed E-state index contributed by atoms with van der Waals surface area (Å²) in [5.41, 5.74) is -1.23. The second-order valence-electron chi connectivity index (χ2n) is 12.6. The predicted octanol–water partition coefficient (Wildman–Crippen LogP) is 7.71. The molecule has 3 aromatic rings. The van der Waals surface area contributed by atoms with Crippen LogP contribution in [0.25, 0.3) is 0 Å². The van der Waals surface area contributed by atoms with Gasteiger partial charge in [-0.3, -0.25) is 4.90 Å². The number of nitrogens with one attached hydrogen (secondary N) is 3. The van der Waals surface area contributed by atoms with Crippen molar-refractivity contribution in [2.24, 2.45) is 11.8 Å². The van der Waals surface area contributed by atoms with Gasteiger partial charge in [0.05, 0.1) is 30.3 Å². The summed E-state index contributed by atoms with van der Waals surface area (Å²) in [6, 6.07) is 7.89. The van der Waals surface area contributed by atoms with Gasteiger partial charge in [0, 0.05) is 56.8 Å². The lowest BCUT2D eigenvalue weighted by molar-refractivity contribution is -0.138. The van der Waals surface area contributed by atoms with Crippen molar-refractivity contribution in [3.05, 3.63) is 71.8 Å². The lowest BCUT2D eigenvalue weighted by atomic mass is 9.89. The van der Waals surface area contributed by atoms with E-state index in [1.165, 1.54) is 0 Å². The molecular formula is C32H37BrF10N8O2. The molecule has 1 amide bonds. The van der Waals surface area contributed by atoms with E-state index >= 15 is 0 Å². The van der Waals surface area contributed by atoms with E-state index in [0.29, 0.717) is 30.4 Å². The number of benzene rings is 1. The second-order valence-corrected chi connectivity index (χ2v) is 12.6. The Hall–Kier alpha value is -4.01. The van der Waals surface area contributed by atoms with Gasteiger partial charge in [0.1, 0.15) is 6.61 Å². The van der Waals surface area contributed by atoms with Crippen LogP contribution in [0.5, 0.6) is 0 Å². The average Bonchev–Trinajstić information content (AvgIpc) is 3.06. The van der Waals surface area contributed by atoms with Crippen molar-refractivity contribution >= 4 is 35.0 Å². The maximum Gasteiger partial charge on any atom is 0.419 e. The Kier molecular flexibility index (Phi) is 14.6. The predicted molar refractivity (Wildman–Crippen MR) is 178 cm³/mol. The number of rotatable bonds is 8. The largest absolute Gasteiger partial charge is 0.445 e. The molecule has 53 heavy (non-hydrogen) atoms. The van der Waals surface area contributed by atoms with E-state index in [2.05, 4.69) is 35.9 Å². The summed E-state index contributed by atoms with van der Waals surface area (Å²) in [5.74, 6) is -6.73. The number of nitrogens with zero attached hydrogens (tertiary/aromatic N) is 5. The number of hydrogen-bond acceptors (Lipinski definition) is 9. The van der Waals surface area contributed by atoms with Crippen molar-refractivity contribution < 1.29 is 53.4 Å². The fraction of sp³-hybridized carbons (Fsp3) is 0.531. The number of carbonyl (C=O) groups excluding carboxylic acids is 1. The molecule has 2 fully saturated rings. The lowest BCUT2D eigenvalue weighted by Crippen LogP contribution is -2.57. The Morgan fingerprint density at radius 2 is 1.30 bits per heavy atom. The highest BCUT2D eigenvalue weighted by Gasteiger charge is 2.46. The number of ether oxygens (including phenoxy) is 1. The van der Waals surface area contributed by atoms with Gasteiger partial charge in [-0.25, -0.2) is 42.3 Å². The van der Waals surface area contributed by atoms with Crippen LogP contribution in [-0.4, -0.2) is 81.0 Å². The minimum atomic E-state index is -4.57. The number of amides is 1. The van der Waals surface area contributed by atoms with Crippen LogP contribution in [0, 0.1) is 11.8 Å². The van der Waals surface area contributed by atoms with Gasteiger partial charge < -0.3 is 20.7 Å². The summed E-state index contributed by atoms with van der Waals surface area (Å²) in [4.78, 5) is 27.9. The smallest absolute Gasteiger partial charge is 0.419 e. The van der Waals surface area contributed by atoms with Gasteiger partial charge in [0.2, 0.25) is 11.9 Å². The lowest BCUT2D eigenvalue weighted by Gasteiger charge is -2.42. The molecule has 294 valence electrons. The van der Waals surface area contributed by atoms with E-state index in [1.54, 1.807) is 44.2 Å². The molecule has 2 aliphatic rings. The van der Waals surface area contributed by atoms with E-state index in [1.807, 2.05) is 0 Å². The van der Waals surface area contributed by atoms with Crippen molar-refractivity contribution in [2.45, 2.75) is 69.6 Å². The fourth-order valence-electron chi connectivity index (χ4n) is 5.63. The normalized spacial score (nSPS) is 22.4. The van der Waals surface area contributed by atoms with Crippen LogP contribution in [0.2, 0.25) is 0 Å². The van der Waals surface area contributed by atoms with Crippen molar-refractivity contribution in [3.8, 4) is 0 Å². The number of alkyl halides is 10. The molecule has 0 radical (unpaired) electrons. The first-order valence-corrected chi connectivity index (χ1v) is 15.9. The monoisotopic (exact) mass is 834 g/mol. The molecular weight excluding hydrogens is 798 g/mol. The van der Waals surface area contributed by atoms with Gasteiger partial charge >= 0.3 is 18.4 Å². The molecule has 21 heteroatoms. The number of piperidine rings is 2. The molecule has 10 nitrogen and oxygen atoms in total. The first kappa shape index (κ1) is 43.4. The summed E-state index contributed by atoms with van der Waals surface area (Å²) >= 11 is 0. The Bertz CT molecular complexity index is 1590. The summed E-state index contributed by atoms with van der Waals surface area (Å²) in [6.45, 7) is 2.22. The SMILES string of the molecule is Br.C[C@@H]1CC(F)(F)CN(C(=O)OCc2ccccc2)[C@@H]1CNc1ncc(C(F)(F)F)cn1.C[C@@H]1CC(F)(F)CN[C@@H]1CNc1ncc(C(F)(F)F)cn1. The summed E-state index contributed by atoms with van der Waals surface area (Å²) in [5, 5.41) is 8.20. The Morgan fingerprint density at radius 1 is 0.811 bits per heavy atom. The molecule has 0 aliphatic carbocycles. The second kappa shape index (κ2) is 17.9. The zero-order valence-electron chi connectivity index (χ0n) is 28.2. The van der Waals surface area contributed by atoms with Crippen LogP contribution in [0.4, 0.5) is 60.6 Å². The number of anilines is 2. The average molecular weight is 836 g/mol. The molecule has 0 saturated carbocycles. The van der Waals surface area contributed by atoms with Gasteiger partial charge in [-0.15, -0.1) is 17.0 Å². The molecule has 0 spiro atoms. The van der Waals surface area contributed by atoms with E-state index < -0.39 is 72.9 Å². The molecule has 5 rings (SSSR count). The highest BCUT2D eigenvalue weighted by molar-refractivity contribution is 8.93. The van der Waals surface area contributed by atoms with Gasteiger partial charge in [-0.1, -0.05) is 44.2 Å². The highest BCUT2D eigenvalue weighted by atomic mass is 79.9. The summed E-state index contributed by atoms with van der Waals surface area (Å²) < 4.78 is 135. The van der Waals surface area contributed by atoms with Crippen molar-refractivity contribution in [1.29, 1.82) is 0 Å². The molecule has 0 bridgehead atoms. The number of likely N-dealkylation sites (tertiary alicyclic amines) is 1. The Labute approximate surface area is 308 Å². The quantitative estimate of drug-likeness (QED) is 0.196. The maximum atomic E-state index is 14.1. The molecule has 3 N–H and O–H groups in total. The number of halogens is 11. The topological polar surface area (TPSA) is 117 Å². The molecule has 2 aliphatic heterocycles. The zero-order valence-corrected chi connectivity index (χ0v) is 29.9. The number of hydrogen-bond donors (Lipinski definition) is 3. The molecule has 1 aromatic carbocycles. The molecule has 2 saturated heterocycles. The van der Waals surface area contributed by atoms with Crippen LogP contribution in [0.3, 0.4) is 0 Å². The minimum Gasteiger partial charge on any atom is -0.445 e. The standard InChI is InChI=1S/C20H21F5N4O2.C12H15F5N4.BrH/c1-13-7-19(21,22)12-29(18(30)31-11-14-5-3-2-4-6-14)16(13)10-28-17-26-8-15(9-27-17)20(23,24)25;1-7-2-11(13,14)6-21-9(7)5-20-10-18-3-8(4-19-10)12(15,16)17;/h2-6,8-9,13,16H,7,10-12H2,1H3,(H,26,27,28);3-4,7,9,21H,2,5-6H2,1H3,(H,18,19,20);1H/t13-,16-;7-,9-;/m11./s1. The van der Waals surface area contributed by atoms with Crippen LogP contribution in [0.15, 0.2) is 55.1 Å². The maximum absolute atomic E-state index is 14.1.